The Morgan fingerprint density at radius 1 is 0.741 bits per heavy atom. The van der Waals surface area contributed by atoms with Gasteiger partial charge in [-0.2, -0.15) is 0 Å². The molecule has 1 amide bonds. The molecule has 0 aliphatic heterocycles. The summed E-state index contributed by atoms with van der Waals surface area (Å²) in [6.07, 6.45) is -0.228. The highest BCUT2D eigenvalue weighted by Crippen LogP contribution is 2.31. The molecule has 0 saturated carbocycles. The van der Waals surface area contributed by atoms with Gasteiger partial charge < -0.3 is 30.7 Å². The van der Waals surface area contributed by atoms with Gasteiger partial charge in [0.25, 0.3) is 5.91 Å². The highest BCUT2D eigenvalue weighted by atomic mass is 35.5. The molecule has 0 aliphatic rings. The van der Waals surface area contributed by atoms with Crippen LogP contribution in [0.5, 0.6) is 0 Å². The maximum atomic E-state index is 13.0. The topological polar surface area (TPSA) is 177 Å². The number of anilines is 4. The number of hydrogen-bond donors (Lipinski definition) is 3. The van der Waals surface area contributed by atoms with Crippen molar-refractivity contribution >= 4 is 87.6 Å². The molecule has 18 heteroatoms. The maximum absolute atomic E-state index is 13.0. The minimum Gasteiger partial charge on any atom is -0.481 e. The third-order valence-corrected chi connectivity index (χ3v) is 10.0. The zero-order valence-corrected chi connectivity index (χ0v) is 34.2. The summed E-state index contributed by atoms with van der Waals surface area (Å²) < 4.78 is 17.7. The number of aromatic nitrogens is 4. The second kappa shape index (κ2) is 23.3. The lowest BCUT2D eigenvalue weighted by Crippen LogP contribution is -2.17. The summed E-state index contributed by atoms with van der Waals surface area (Å²) in [5.41, 5.74) is 10.4. The molecule has 310 valence electrons. The number of nitrogens with zero attached hydrogens (tertiary/aromatic N) is 6. The quantitative estimate of drug-likeness (QED) is 0.0318. The Morgan fingerprint density at radius 3 is 1.62 bits per heavy atom. The lowest BCUT2D eigenvalue weighted by molar-refractivity contribution is -0.140. The number of esters is 1. The number of nitrogen functional groups attached to an aromatic ring is 1. The summed E-state index contributed by atoms with van der Waals surface area (Å²) in [6.45, 7) is 0. The number of halogens is 3. The van der Waals surface area contributed by atoms with Crippen LogP contribution in [0.2, 0.25) is 10.3 Å². The van der Waals surface area contributed by atoms with Gasteiger partial charge in [-0.15, -0.1) is 0 Å². The van der Waals surface area contributed by atoms with Crippen molar-refractivity contribution in [2.24, 2.45) is 0 Å². The normalized spacial score (nSPS) is 10.2. The smallest absolute Gasteiger partial charge is 0.310 e. The molecule has 5 aromatic rings. The molecule has 0 unspecified atom stereocenters. The lowest BCUT2D eigenvalue weighted by Gasteiger charge is -2.17. The first kappa shape index (κ1) is 49.0. The van der Waals surface area contributed by atoms with Crippen molar-refractivity contribution in [3.63, 3.8) is 0 Å². The number of carbonyl (C=O) groups is 3. The van der Waals surface area contributed by atoms with Crippen LogP contribution in [0.3, 0.4) is 0 Å². The van der Waals surface area contributed by atoms with E-state index in [-0.39, 0.29) is 49.9 Å². The standard InChI is InChI=1S/C22H20ClFN4O3S.C16H19ClN4O2S.2CH4/c1-28(2)20-17(11-18(29)30)19(23)26-22(27-20)32-12-13-3-9-16(10-4-13)25-21(31)14-5-7-15(24)8-6-14;1-21(2)15-12(8-13(22)23-3)14(17)19-16(20-15)24-9-10-4-6-11(18)7-5-10;;/h3-10H,11-12H2,1-2H3,(H,25,31)(H,29,30);4-7H,8-9,18H2,1-3H3;2*1H4. The van der Waals surface area contributed by atoms with E-state index < -0.39 is 11.8 Å². The zero-order chi connectivity index (χ0) is 40.9. The van der Waals surface area contributed by atoms with E-state index in [0.717, 1.165) is 16.8 Å². The second-order valence-corrected chi connectivity index (χ2v) is 14.9. The van der Waals surface area contributed by atoms with Crippen molar-refractivity contribution < 1.29 is 28.6 Å². The minimum atomic E-state index is -1.01. The number of benzene rings is 3. The molecular formula is C40H47Cl2FN8O5S2. The number of ether oxygens (including phenoxy) is 1. The van der Waals surface area contributed by atoms with Gasteiger partial charge in [0.05, 0.1) is 20.0 Å². The monoisotopic (exact) mass is 872 g/mol. The van der Waals surface area contributed by atoms with E-state index in [4.69, 9.17) is 38.8 Å². The van der Waals surface area contributed by atoms with Gasteiger partial charge in [0, 0.05) is 67.8 Å². The van der Waals surface area contributed by atoms with Crippen LogP contribution < -0.4 is 20.9 Å². The Balaban J connectivity index is 0.000000402. The fourth-order valence-electron chi connectivity index (χ4n) is 4.79. The second-order valence-electron chi connectivity index (χ2n) is 12.3. The number of amides is 1. The highest BCUT2D eigenvalue weighted by Gasteiger charge is 2.20. The first-order valence-electron chi connectivity index (χ1n) is 16.6. The number of thioether (sulfide) groups is 2. The van der Waals surface area contributed by atoms with Crippen LogP contribution in [0, 0.1) is 5.82 Å². The number of carboxylic acids is 1. The van der Waals surface area contributed by atoms with Crippen molar-refractivity contribution in [2.75, 3.05) is 56.2 Å². The van der Waals surface area contributed by atoms with Crippen LogP contribution in [-0.4, -0.2) is 78.2 Å². The summed E-state index contributed by atoms with van der Waals surface area (Å²) in [7, 11) is 8.54. The molecule has 0 atom stereocenters. The number of rotatable bonds is 14. The SMILES string of the molecule is C.C.CN(C)c1nc(SCc2ccc(NC(=O)c3ccc(F)cc3)cc2)nc(Cl)c1CC(=O)O.COC(=O)Cc1c(Cl)nc(SCc2ccc(N)cc2)nc1N(C)C. The maximum Gasteiger partial charge on any atom is 0.310 e. The van der Waals surface area contributed by atoms with Crippen molar-refractivity contribution in [1.29, 1.82) is 0 Å². The fourth-order valence-corrected chi connectivity index (χ4v) is 6.95. The number of nitrogens with two attached hydrogens (primary N) is 1. The van der Waals surface area contributed by atoms with Crippen LogP contribution >= 0.6 is 46.7 Å². The first-order valence-corrected chi connectivity index (χ1v) is 19.4. The molecule has 0 saturated heterocycles. The van der Waals surface area contributed by atoms with Crippen LogP contribution in [-0.2, 0) is 38.7 Å². The molecular weight excluding hydrogens is 827 g/mol. The molecule has 0 bridgehead atoms. The highest BCUT2D eigenvalue weighted by molar-refractivity contribution is 7.98. The fraction of sp³-hybridized carbons (Fsp3) is 0.275. The molecule has 0 aliphatic carbocycles. The van der Waals surface area contributed by atoms with Crippen molar-refractivity contribution in [3.8, 4) is 0 Å². The van der Waals surface area contributed by atoms with Gasteiger partial charge >= 0.3 is 11.9 Å². The molecule has 5 rings (SSSR count). The first-order chi connectivity index (χ1) is 26.6. The zero-order valence-electron chi connectivity index (χ0n) is 31.0. The lowest BCUT2D eigenvalue weighted by atomic mass is 10.2. The third kappa shape index (κ3) is 14.7. The van der Waals surface area contributed by atoms with Gasteiger partial charge in [0.1, 0.15) is 27.8 Å². The summed E-state index contributed by atoms with van der Waals surface area (Å²) in [4.78, 5) is 55.9. The van der Waals surface area contributed by atoms with Crippen LogP contribution in [0.25, 0.3) is 0 Å². The molecule has 58 heavy (non-hydrogen) atoms. The number of carboxylic acid groups (broad SMARTS) is 1. The van der Waals surface area contributed by atoms with E-state index in [1.165, 1.54) is 54.9 Å². The number of carbonyl (C=O) groups excluding carboxylic acids is 2. The van der Waals surface area contributed by atoms with Gasteiger partial charge in [-0.3, -0.25) is 14.4 Å². The Morgan fingerprint density at radius 2 is 1.19 bits per heavy atom. The van der Waals surface area contributed by atoms with Gasteiger partial charge in [-0.25, -0.2) is 24.3 Å². The van der Waals surface area contributed by atoms with Gasteiger partial charge in [-0.05, 0) is 59.7 Å². The van der Waals surface area contributed by atoms with E-state index in [9.17, 15) is 18.8 Å². The van der Waals surface area contributed by atoms with Crippen molar-refractivity contribution in [1.82, 2.24) is 19.9 Å². The average molecular weight is 874 g/mol. The Labute approximate surface area is 356 Å². The minimum absolute atomic E-state index is 0. The molecule has 2 heterocycles. The number of aliphatic carboxylic acids is 1. The van der Waals surface area contributed by atoms with E-state index >= 15 is 0 Å². The molecule has 0 spiro atoms. The van der Waals surface area contributed by atoms with E-state index in [0.29, 0.717) is 55.8 Å². The van der Waals surface area contributed by atoms with E-state index in [1.807, 2.05) is 50.5 Å². The molecule has 13 nitrogen and oxygen atoms in total. The molecule has 4 N–H and O–H groups in total. The summed E-state index contributed by atoms with van der Waals surface area (Å²) >= 11 is 15.3. The van der Waals surface area contributed by atoms with Crippen LogP contribution in [0.4, 0.5) is 27.4 Å². The number of nitrogens with one attached hydrogen (secondary N) is 1. The Hall–Kier alpha value is -5.16. The van der Waals surface area contributed by atoms with Crippen molar-refractivity contribution in [2.45, 2.75) is 49.5 Å². The predicted molar refractivity (Wildman–Crippen MR) is 234 cm³/mol. The number of hydrogen-bond acceptors (Lipinski definition) is 13. The van der Waals surface area contributed by atoms with Gasteiger partial charge in [0.15, 0.2) is 10.3 Å². The van der Waals surface area contributed by atoms with Crippen LogP contribution in [0.1, 0.15) is 47.5 Å². The molecule has 0 fully saturated rings. The van der Waals surface area contributed by atoms with Gasteiger partial charge in [-0.1, -0.05) is 85.8 Å². The Kier molecular flexibility index (Phi) is 19.7. The molecule has 0 radical (unpaired) electrons. The largest absolute Gasteiger partial charge is 0.481 e. The third-order valence-electron chi connectivity index (χ3n) is 7.59. The Bertz CT molecular complexity index is 2150. The van der Waals surface area contributed by atoms with E-state index in [2.05, 4.69) is 25.3 Å². The van der Waals surface area contributed by atoms with E-state index in [1.54, 1.807) is 36.0 Å². The summed E-state index contributed by atoms with van der Waals surface area (Å²) in [5.74, 6) is 0.203. The summed E-state index contributed by atoms with van der Waals surface area (Å²) in [5, 5.41) is 13.2. The predicted octanol–water partition coefficient (Wildman–Crippen LogP) is 8.57. The van der Waals surface area contributed by atoms with Crippen LogP contribution in [0.15, 0.2) is 83.1 Å². The molecule has 3 aromatic carbocycles. The molecule has 2 aromatic heterocycles. The average Bonchev–Trinajstić information content (AvgIpc) is 3.16. The summed E-state index contributed by atoms with van der Waals surface area (Å²) in [6, 6.07) is 20.2. The van der Waals surface area contributed by atoms with Crippen molar-refractivity contribution in [3.05, 3.63) is 117 Å². The number of methoxy groups -OCH3 is 1. The van der Waals surface area contributed by atoms with Gasteiger partial charge in [0.2, 0.25) is 0 Å².